The molecule has 0 bridgehead atoms. The Kier molecular flexibility index (Phi) is 5.96. The van der Waals surface area contributed by atoms with Crippen LogP contribution in [0.2, 0.25) is 0 Å². The highest BCUT2D eigenvalue weighted by molar-refractivity contribution is 5.38. The molecule has 0 saturated heterocycles. The van der Waals surface area contributed by atoms with Crippen LogP contribution in [0.25, 0.3) is 0 Å². The highest BCUT2D eigenvalue weighted by Crippen LogP contribution is 2.09. The SMILES string of the molecule is C=C(/C=C\CC)/C(C)=C/C=C(C)C. The Morgan fingerprint density at radius 1 is 1.15 bits per heavy atom. The van der Waals surface area contributed by atoms with Crippen molar-refractivity contribution in [1.82, 2.24) is 0 Å². The predicted molar refractivity (Wildman–Crippen MR) is 61.8 cm³/mol. The lowest BCUT2D eigenvalue weighted by Gasteiger charge is -1.98. The molecule has 13 heavy (non-hydrogen) atoms. The van der Waals surface area contributed by atoms with E-state index in [2.05, 4.69) is 58.6 Å². The van der Waals surface area contributed by atoms with Gasteiger partial charge in [0.15, 0.2) is 0 Å². The van der Waals surface area contributed by atoms with Gasteiger partial charge in [-0.05, 0) is 38.3 Å². The van der Waals surface area contributed by atoms with E-state index in [9.17, 15) is 0 Å². The normalized spacial score (nSPS) is 11.8. The molecule has 0 unspecified atom stereocenters. The van der Waals surface area contributed by atoms with Crippen LogP contribution in [0.3, 0.4) is 0 Å². The van der Waals surface area contributed by atoms with Crippen LogP contribution < -0.4 is 0 Å². The van der Waals surface area contributed by atoms with E-state index in [0.717, 1.165) is 12.0 Å². The van der Waals surface area contributed by atoms with Crippen molar-refractivity contribution >= 4 is 0 Å². The molecule has 0 heterocycles. The van der Waals surface area contributed by atoms with E-state index in [1.165, 1.54) is 11.1 Å². The molecule has 0 aromatic rings. The van der Waals surface area contributed by atoms with Crippen LogP contribution >= 0.6 is 0 Å². The van der Waals surface area contributed by atoms with E-state index in [4.69, 9.17) is 0 Å². The van der Waals surface area contributed by atoms with E-state index >= 15 is 0 Å². The summed E-state index contributed by atoms with van der Waals surface area (Å²) in [4.78, 5) is 0. The number of hydrogen-bond acceptors (Lipinski definition) is 0. The Morgan fingerprint density at radius 2 is 1.77 bits per heavy atom. The molecule has 0 nitrogen and oxygen atoms in total. The average Bonchev–Trinajstić information content (AvgIpc) is 2.10. The Balaban J connectivity index is 4.34. The fourth-order valence-corrected chi connectivity index (χ4v) is 0.790. The van der Waals surface area contributed by atoms with Crippen LogP contribution in [0.15, 0.2) is 47.6 Å². The van der Waals surface area contributed by atoms with E-state index in [1.54, 1.807) is 0 Å². The summed E-state index contributed by atoms with van der Waals surface area (Å²) >= 11 is 0. The number of rotatable bonds is 4. The molecule has 0 rings (SSSR count). The van der Waals surface area contributed by atoms with Crippen molar-refractivity contribution < 1.29 is 0 Å². The zero-order chi connectivity index (χ0) is 10.3. The topological polar surface area (TPSA) is 0 Å². The van der Waals surface area contributed by atoms with E-state index in [0.29, 0.717) is 0 Å². The molecule has 0 aliphatic heterocycles. The third kappa shape index (κ3) is 6.15. The van der Waals surface area contributed by atoms with Crippen LogP contribution in [-0.2, 0) is 0 Å². The predicted octanol–water partition coefficient (Wildman–Crippen LogP) is 4.42. The molecule has 0 amide bonds. The summed E-state index contributed by atoms with van der Waals surface area (Å²) in [5.41, 5.74) is 3.64. The van der Waals surface area contributed by atoms with Crippen molar-refractivity contribution in [3.05, 3.63) is 47.6 Å². The molecule has 0 radical (unpaired) electrons. The molecule has 0 spiro atoms. The lowest BCUT2D eigenvalue weighted by molar-refractivity contribution is 1.22. The Labute approximate surface area is 82.4 Å². The second kappa shape index (κ2) is 6.47. The van der Waals surface area contributed by atoms with Crippen LogP contribution in [0.1, 0.15) is 34.1 Å². The van der Waals surface area contributed by atoms with E-state index in [-0.39, 0.29) is 0 Å². The van der Waals surface area contributed by atoms with Gasteiger partial charge in [0.05, 0.1) is 0 Å². The van der Waals surface area contributed by atoms with Gasteiger partial charge < -0.3 is 0 Å². The molecule has 0 saturated carbocycles. The van der Waals surface area contributed by atoms with Crippen molar-refractivity contribution in [2.75, 3.05) is 0 Å². The lowest BCUT2D eigenvalue weighted by atomic mass is 10.1. The number of hydrogen-bond donors (Lipinski definition) is 0. The third-order valence-corrected chi connectivity index (χ3v) is 1.73. The maximum atomic E-state index is 3.99. The largest absolute Gasteiger partial charge is 0.0915 e. The number of allylic oxidation sites excluding steroid dienone is 7. The van der Waals surface area contributed by atoms with Crippen molar-refractivity contribution in [3.63, 3.8) is 0 Å². The summed E-state index contributed by atoms with van der Waals surface area (Å²) in [7, 11) is 0. The van der Waals surface area contributed by atoms with Crippen LogP contribution in [0, 0.1) is 0 Å². The van der Waals surface area contributed by atoms with Crippen molar-refractivity contribution in [3.8, 4) is 0 Å². The Morgan fingerprint density at radius 3 is 2.23 bits per heavy atom. The lowest BCUT2D eigenvalue weighted by Crippen LogP contribution is -1.77. The molecular weight excluding hydrogens is 156 g/mol. The highest BCUT2D eigenvalue weighted by Gasteiger charge is 1.89. The molecule has 72 valence electrons. The van der Waals surface area contributed by atoms with Gasteiger partial charge in [0, 0.05) is 0 Å². The Hall–Kier alpha value is -1.04. The van der Waals surface area contributed by atoms with Gasteiger partial charge in [0.2, 0.25) is 0 Å². The van der Waals surface area contributed by atoms with Gasteiger partial charge in [-0.15, -0.1) is 0 Å². The van der Waals surface area contributed by atoms with E-state index < -0.39 is 0 Å². The summed E-state index contributed by atoms with van der Waals surface area (Å²) < 4.78 is 0. The van der Waals surface area contributed by atoms with Crippen LogP contribution in [-0.4, -0.2) is 0 Å². The zero-order valence-electron chi connectivity index (χ0n) is 9.22. The van der Waals surface area contributed by atoms with Crippen LogP contribution in [0.4, 0.5) is 0 Å². The second-order valence-electron chi connectivity index (χ2n) is 3.43. The first-order chi connectivity index (χ1) is 6.07. The monoisotopic (exact) mass is 176 g/mol. The summed E-state index contributed by atoms with van der Waals surface area (Å²) in [6.45, 7) is 12.4. The van der Waals surface area contributed by atoms with Gasteiger partial charge in [-0.3, -0.25) is 0 Å². The maximum Gasteiger partial charge on any atom is -0.0303 e. The summed E-state index contributed by atoms with van der Waals surface area (Å²) in [6, 6.07) is 0. The molecule has 0 aliphatic carbocycles. The highest BCUT2D eigenvalue weighted by atomic mass is 13.9. The molecular formula is C13H20. The van der Waals surface area contributed by atoms with Crippen molar-refractivity contribution in [1.29, 1.82) is 0 Å². The molecule has 0 N–H and O–H groups in total. The third-order valence-electron chi connectivity index (χ3n) is 1.73. The summed E-state index contributed by atoms with van der Waals surface area (Å²) in [5.74, 6) is 0. The fourth-order valence-electron chi connectivity index (χ4n) is 0.790. The molecule has 0 aromatic heterocycles. The van der Waals surface area contributed by atoms with Gasteiger partial charge in [-0.25, -0.2) is 0 Å². The molecule has 0 aromatic carbocycles. The molecule has 0 heteroatoms. The van der Waals surface area contributed by atoms with Gasteiger partial charge >= 0.3 is 0 Å². The first-order valence-electron chi connectivity index (χ1n) is 4.75. The van der Waals surface area contributed by atoms with Gasteiger partial charge in [0.1, 0.15) is 0 Å². The first-order valence-corrected chi connectivity index (χ1v) is 4.75. The van der Waals surface area contributed by atoms with Gasteiger partial charge in [-0.1, -0.05) is 43.4 Å². The molecule has 0 aliphatic rings. The minimum Gasteiger partial charge on any atom is -0.0915 e. The quantitative estimate of drug-likeness (QED) is 0.556. The van der Waals surface area contributed by atoms with E-state index in [1.807, 2.05) is 0 Å². The van der Waals surface area contributed by atoms with Crippen molar-refractivity contribution in [2.45, 2.75) is 34.1 Å². The van der Waals surface area contributed by atoms with Gasteiger partial charge in [-0.2, -0.15) is 0 Å². The zero-order valence-corrected chi connectivity index (χ0v) is 9.22. The molecule has 0 fully saturated rings. The fraction of sp³-hybridized carbons (Fsp3) is 0.385. The minimum absolute atomic E-state index is 1.06. The summed E-state index contributed by atoms with van der Waals surface area (Å²) in [6.07, 6.45) is 9.49. The maximum absolute atomic E-state index is 3.99. The van der Waals surface area contributed by atoms with Crippen LogP contribution in [0.5, 0.6) is 0 Å². The minimum atomic E-state index is 1.06. The van der Waals surface area contributed by atoms with Gasteiger partial charge in [0.25, 0.3) is 0 Å². The summed E-state index contributed by atoms with van der Waals surface area (Å²) in [5, 5.41) is 0. The average molecular weight is 176 g/mol. The second-order valence-corrected chi connectivity index (χ2v) is 3.43. The molecule has 0 atom stereocenters. The Bertz CT molecular complexity index is 245. The first kappa shape index (κ1) is 12.0. The van der Waals surface area contributed by atoms with Crippen molar-refractivity contribution in [2.24, 2.45) is 0 Å². The smallest absolute Gasteiger partial charge is 0.0303 e. The standard InChI is InChI=1S/C13H20/c1-6-7-8-12(4)13(5)10-9-11(2)3/h7-10H,4,6H2,1-3,5H3/b8-7-,13-10+.